The van der Waals surface area contributed by atoms with Crippen LogP contribution in [0.15, 0.2) is 0 Å². The van der Waals surface area contributed by atoms with Crippen LogP contribution in [0.3, 0.4) is 0 Å². The summed E-state index contributed by atoms with van der Waals surface area (Å²) in [6.07, 6.45) is 4.28. The molecule has 1 nitrogen and oxygen atoms in total. The van der Waals surface area contributed by atoms with E-state index in [0.29, 0.717) is 11.0 Å². The number of piperidine rings is 1. The Morgan fingerprint density at radius 2 is 1.93 bits per heavy atom. The lowest BCUT2D eigenvalue weighted by Crippen LogP contribution is -2.63. The Bertz CT molecular complexity index is 195. The third-order valence-electron chi connectivity index (χ3n) is 4.12. The van der Waals surface area contributed by atoms with Gasteiger partial charge in [0.1, 0.15) is 0 Å². The Morgan fingerprint density at radius 3 is 2.57 bits per heavy atom. The minimum Gasteiger partial charge on any atom is -0.295 e. The average molecular weight is 213 g/mol. The van der Waals surface area contributed by atoms with E-state index in [4.69, 9.17) is 0 Å². The number of hydrogen-bond donors (Lipinski definition) is 0. The summed E-state index contributed by atoms with van der Waals surface area (Å²) < 4.78 is 0. The molecule has 0 amide bonds. The second kappa shape index (κ2) is 3.71. The molecule has 0 bridgehead atoms. The third kappa shape index (κ3) is 1.61. The molecule has 2 saturated heterocycles. The summed E-state index contributed by atoms with van der Waals surface area (Å²) in [6.45, 7) is 9.95. The van der Waals surface area contributed by atoms with Crippen LogP contribution >= 0.6 is 11.8 Å². The van der Waals surface area contributed by atoms with Crippen LogP contribution in [0, 0.1) is 5.41 Å². The van der Waals surface area contributed by atoms with E-state index in [1.807, 2.05) is 0 Å². The van der Waals surface area contributed by atoms with Gasteiger partial charge in [-0.1, -0.05) is 27.2 Å². The van der Waals surface area contributed by atoms with E-state index in [1.165, 1.54) is 43.9 Å². The minimum atomic E-state index is 0.445. The normalized spacial score (nSPS) is 35.4. The number of nitrogens with zero attached hydrogens (tertiary/aromatic N) is 1. The Balaban J connectivity index is 2.25. The zero-order valence-corrected chi connectivity index (χ0v) is 10.6. The first-order chi connectivity index (χ1) is 6.56. The topological polar surface area (TPSA) is 3.24 Å². The van der Waals surface area contributed by atoms with E-state index in [9.17, 15) is 0 Å². The maximum atomic E-state index is 2.78. The van der Waals surface area contributed by atoms with Crippen LogP contribution in [-0.2, 0) is 0 Å². The standard InChI is InChI=1S/C12H23NS/c1-11(2,3)12-6-4-5-7-13(12)8-9-14-10-12/h4-10H2,1-3H3. The lowest BCUT2D eigenvalue weighted by atomic mass is 9.69. The zero-order chi connectivity index (χ0) is 10.2. The Labute approximate surface area is 92.6 Å². The predicted octanol–water partition coefficient (Wildman–Crippen LogP) is 3.00. The molecular weight excluding hydrogens is 190 g/mol. The number of hydrogen-bond acceptors (Lipinski definition) is 2. The van der Waals surface area contributed by atoms with Crippen molar-refractivity contribution in [3.05, 3.63) is 0 Å². The summed E-state index contributed by atoms with van der Waals surface area (Å²) in [5.41, 5.74) is 0.953. The van der Waals surface area contributed by atoms with Gasteiger partial charge < -0.3 is 0 Å². The van der Waals surface area contributed by atoms with Crippen LogP contribution in [-0.4, -0.2) is 35.0 Å². The highest BCUT2D eigenvalue weighted by Gasteiger charge is 2.48. The monoisotopic (exact) mass is 213 g/mol. The molecule has 14 heavy (non-hydrogen) atoms. The van der Waals surface area contributed by atoms with Gasteiger partial charge in [0, 0.05) is 23.6 Å². The van der Waals surface area contributed by atoms with Gasteiger partial charge in [0.05, 0.1) is 0 Å². The van der Waals surface area contributed by atoms with Crippen LogP contribution in [0.1, 0.15) is 40.0 Å². The minimum absolute atomic E-state index is 0.445. The largest absolute Gasteiger partial charge is 0.295 e. The van der Waals surface area contributed by atoms with Crippen molar-refractivity contribution in [1.29, 1.82) is 0 Å². The van der Waals surface area contributed by atoms with Crippen LogP contribution in [0.5, 0.6) is 0 Å². The van der Waals surface area contributed by atoms with E-state index in [-0.39, 0.29) is 0 Å². The second-order valence-electron chi connectivity index (χ2n) is 5.78. The van der Waals surface area contributed by atoms with Crippen molar-refractivity contribution >= 4 is 11.8 Å². The molecule has 0 aromatic rings. The molecular formula is C12H23NS. The fourth-order valence-electron chi connectivity index (χ4n) is 3.06. The fourth-order valence-corrected chi connectivity index (χ4v) is 4.65. The van der Waals surface area contributed by atoms with Gasteiger partial charge in [0.15, 0.2) is 0 Å². The van der Waals surface area contributed by atoms with Gasteiger partial charge in [-0.15, -0.1) is 0 Å². The van der Waals surface area contributed by atoms with Gasteiger partial charge in [-0.3, -0.25) is 4.90 Å². The summed E-state index contributed by atoms with van der Waals surface area (Å²) in [4.78, 5) is 2.78. The number of thioether (sulfide) groups is 1. The van der Waals surface area contributed by atoms with Crippen molar-refractivity contribution < 1.29 is 0 Å². The van der Waals surface area contributed by atoms with Crippen molar-refractivity contribution in [2.75, 3.05) is 24.6 Å². The molecule has 1 atom stereocenters. The Kier molecular flexibility index (Phi) is 2.87. The Morgan fingerprint density at radius 1 is 1.14 bits per heavy atom. The van der Waals surface area contributed by atoms with E-state index in [2.05, 4.69) is 37.4 Å². The van der Waals surface area contributed by atoms with E-state index < -0.39 is 0 Å². The van der Waals surface area contributed by atoms with Gasteiger partial charge in [-0.2, -0.15) is 11.8 Å². The summed E-state index contributed by atoms with van der Waals surface area (Å²) >= 11 is 2.16. The second-order valence-corrected chi connectivity index (χ2v) is 6.88. The van der Waals surface area contributed by atoms with E-state index >= 15 is 0 Å². The molecule has 2 heteroatoms. The van der Waals surface area contributed by atoms with Crippen molar-refractivity contribution in [3.8, 4) is 0 Å². The van der Waals surface area contributed by atoms with Crippen LogP contribution in [0.2, 0.25) is 0 Å². The van der Waals surface area contributed by atoms with Crippen LogP contribution < -0.4 is 0 Å². The first kappa shape index (κ1) is 10.8. The lowest BCUT2D eigenvalue weighted by molar-refractivity contribution is -0.0195. The van der Waals surface area contributed by atoms with Crippen molar-refractivity contribution in [2.45, 2.75) is 45.6 Å². The molecule has 0 N–H and O–H groups in total. The van der Waals surface area contributed by atoms with Crippen LogP contribution in [0.25, 0.3) is 0 Å². The first-order valence-corrected chi connectivity index (χ1v) is 7.05. The molecule has 1 unspecified atom stereocenters. The highest BCUT2D eigenvalue weighted by molar-refractivity contribution is 7.99. The number of fused-ring (bicyclic) bond motifs is 1. The van der Waals surface area contributed by atoms with Gasteiger partial charge in [-0.05, 0) is 24.8 Å². The van der Waals surface area contributed by atoms with Crippen molar-refractivity contribution in [2.24, 2.45) is 5.41 Å². The molecule has 2 heterocycles. The van der Waals surface area contributed by atoms with Crippen molar-refractivity contribution in [1.82, 2.24) is 4.90 Å². The molecule has 0 spiro atoms. The summed E-state index contributed by atoms with van der Waals surface area (Å²) in [7, 11) is 0. The molecule has 0 radical (unpaired) electrons. The molecule has 82 valence electrons. The smallest absolute Gasteiger partial charge is 0.0348 e. The summed E-state index contributed by atoms with van der Waals surface area (Å²) in [5, 5.41) is 0. The van der Waals surface area contributed by atoms with Gasteiger partial charge in [-0.25, -0.2) is 0 Å². The maximum Gasteiger partial charge on any atom is 0.0348 e. The van der Waals surface area contributed by atoms with Gasteiger partial charge in [0.2, 0.25) is 0 Å². The number of rotatable bonds is 0. The molecule has 2 rings (SSSR count). The quantitative estimate of drug-likeness (QED) is 0.608. The predicted molar refractivity (Wildman–Crippen MR) is 64.9 cm³/mol. The van der Waals surface area contributed by atoms with Crippen LogP contribution in [0.4, 0.5) is 0 Å². The fraction of sp³-hybridized carbons (Fsp3) is 1.00. The highest BCUT2D eigenvalue weighted by Crippen LogP contribution is 2.46. The molecule has 0 aromatic carbocycles. The van der Waals surface area contributed by atoms with Crippen molar-refractivity contribution in [3.63, 3.8) is 0 Å². The molecule has 0 aromatic heterocycles. The Hall–Kier alpha value is 0.310. The third-order valence-corrected chi connectivity index (χ3v) is 5.27. The van der Waals surface area contributed by atoms with Gasteiger partial charge in [0.25, 0.3) is 0 Å². The zero-order valence-electron chi connectivity index (χ0n) is 9.81. The molecule has 2 aliphatic rings. The summed E-state index contributed by atoms with van der Waals surface area (Å²) in [6, 6.07) is 0. The molecule has 0 aliphatic carbocycles. The van der Waals surface area contributed by atoms with Gasteiger partial charge >= 0.3 is 0 Å². The lowest BCUT2D eigenvalue weighted by Gasteiger charge is -2.57. The molecule has 0 saturated carbocycles. The molecule has 2 fully saturated rings. The van der Waals surface area contributed by atoms with E-state index in [1.54, 1.807) is 0 Å². The SMILES string of the molecule is CC(C)(C)C12CCCCN1CCSC2. The molecule has 2 aliphatic heterocycles. The summed E-state index contributed by atoms with van der Waals surface area (Å²) in [5.74, 6) is 2.70. The average Bonchev–Trinajstić information content (AvgIpc) is 2.16. The van der Waals surface area contributed by atoms with E-state index in [0.717, 1.165) is 0 Å². The first-order valence-electron chi connectivity index (χ1n) is 5.89. The maximum absolute atomic E-state index is 2.78. The highest BCUT2D eigenvalue weighted by atomic mass is 32.2.